The molecule has 0 amide bonds. The van der Waals surface area contributed by atoms with Crippen molar-refractivity contribution in [2.45, 2.75) is 38.6 Å². The summed E-state index contributed by atoms with van der Waals surface area (Å²) in [5.74, 6) is -6.26. The van der Waals surface area contributed by atoms with Gasteiger partial charge in [-0.3, -0.25) is 0 Å². The number of aromatic nitrogens is 1. The highest BCUT2D eigenvalue weighted by Crippen LogP contribution is 2.45. The Kier molecular flexibility index (Phi) is 7.13. The van der Waals surface area contributed by atoms with Gasteiger partial charge in [0, 0.05) is 28.2 Å². The molecule has 0 aliphatic rings. The molecule has 0 unspecified atom stereocenters. The highest BCUT2D eigenvalue weighted by molar-refractivity contribution is 5.82. The van der Waals surface area contributed by atoms with Crippen LogP contribution < -0.4 is 10.2 Å². The number of hydrogen-bond donors (Lipinski definition) is 1. The summed E-state index contributed by atoms with van der Waals surface area (Å²) in [6.07, 6.45) is -5.73. The molecule has 0 atom stereocenters. The van der Waals surface area contributed by atoms with Gasteiger partial charge < -0.3 is 9.30 Å². The Labute approximate surface area is 194 Å². The van der Waals surface area contributed by atoms with Crippen LogP contribution in [0.1, 0.15) is 22.5 Å². The average Bonchev–Trinajstić information content (AvgIpc) is 3.05. The Bertz CT molecular complexity index is 1200. The van der Waals surface area contributed by atoms with E-state index in [-0.39, 0.29) is 12.2 Å². The number of alkyl halides is 7. The molecule has 3 aromatic rings. The Morgan fingerprint density at radius 3 is 2.17 bits per heavy atom. The van der Waals surface area contributed by atoms with E-state index in [2.05, 4.69) is 5.10 Å². The predicted molar refractivity (Wildman–Crippen MR) is 113 cm³/mol. The van der Waals surface area contributed by atoms with Crippen molar-refractivity contribution in [3.63, 3.8) is 0 Å². The van der Waals surface area contributed by atoms with E-state index in [1.807, 2.05) is 0 Å². The first-order valence-electron chi connectivity index (χ1n) is 10.0. The van der Waals surface area contributed by atoms with Crippen LogP contribution in [0.4, 0.5) is 35.1 Å². The van der Waals surface area contributed by atoms with Gasteiger partial charge in [0.1, 0.15) is 18.2 Å². The Balaban J connectivity index is 1.73. The lowest BCUT2D eigenvalue weighted by Crippen LogP contribution is -2.58. The molecular weight excluding hydrogens is 486 g/mol. The summed E-state index contributed by atoms with van der Waals surface area (Å²) < 4.78 is 110. The second-order valence-corrected chi connectivity index (χ2v) is 7.55. The van der Waals surface area contributed by atoms with Gasteiger partial charge in [-0.1, -0.05) is 18.2 Å². The van der Waals surface area contributed by atoms with Gasteiger partial charge in [-0.25, -0.2) is 9.82 Å². The molecule has 0 saturated heterocycles. The standard InChI is InChI=1S/C23H19F8N3O/c1-14-11-17(12-32-33-23(30,31)21(25,26)22(27,28)29)15(2)34(14)18-7-9-19(10-8-18)35-13-16-5-3-4-6-20(16)24/h3-12,33H,13H2,1-2H3/b32-12-. The van der Waals surface area contributed by atoms with Crippen LogP contribution in [0, 0.1) is 19.7 Å². The predicted octanol–water partition coefficient (Wildman–Crippen LogP) is 6.53. The third kappa shape index (κ3) is 5.41. The molecule has 12 heteroatoms. The minimum atomic E-state index is -6.46. The van der Waals surface area contributed by atoms with Gasteiger partial charge in [0.25, 0.3) is 0 Å². The smallest absolute Gasteiger partial charge is 0.462 e. The molecule has 0 bridgehead atoms. The van der Waals surface area contributed by atoms with Crippen LogP contribution in [0.5, 0.6) is 5.75 Å². The minimum Gasteiger partial charge on any atom is -0.489 e. The SMILES string of the molecule is Cc1cc(/C=N\NC(F)(F)C(F)(F)C(F)(F)F)c(C)n1-c1ccc(OCc2ccccc2F)cc1. The molecule has 0 aliphatic heterocycles. The van der Waals surface area contributed by atoms with Crippen LogP contribution in [-0.4, -0.2) is 28.9 Å². The molecule has 3 rings (SSSR count). The second kappa shape index (κ2) is 9.59. The first-order chi connectivity index (χ1) is 16.2. The molecule has 0 aliphatic carbocycles. The highest BCUT2D eigenvalue weighted by Gasteiger charge is 2.73. The number of nitrogens with zero attached hydrogens (tertiary/aromatic N) is 2. The van der Waals surface area contributed by atoms with Crippen molar-refractivity contribution < 1.29 is 39.9 Å². The van der Waals surface area contributed by atoms with E-state index in [9.17, 15) is 35.1 Å². The molecule has 1 heterocycles. The summed E-state index contributed by atoms with van der Waals surface area (Å²) in [6, 6.07) is 8.60. The molecule has 2 aromatic carbocycles. The number of nitrogens with one attached hydrogen (secondary N) is 1. The van der Waals surface area contributed by atoms with Crippen molar-refractivity contribution in [3.05, 3.63) is 82.9 Å². The van der Waals surface area contributed by atoms with Gasteiger partial charge >= 0.3 is 18.1 Å². The molecule has 35 heavy (non-hydrogen) atoms. The summed E-state index contributed by atoms with van der Waals surface area (Å²) >= 11 is 0. The van der Waals surface area contributed by atoms with E-state index in [0.29, 0.717) is 33.8 Å². The van der Waals surface area contributed by atoms with Crippen LogP contribution in [-0.2, 0) is 6.61 Å². The first kappa shape index (κ1) is 26.0. The monoisotopic (exact) mass is 505 g/mol. The van der Waals surface area contributed by atoms with E-state index in [0.717, 1.165) is 6.21 Å². The molecule has 0 spiro atoms. The Hall–Kier alpha value is -3.57. The molecule has 4 nitrogen and oxygen atoms in total. The van der Waals surface area contributed by atoms with Crippen molar-refractivity contribution in [2.75, 3.05) is 0 Å². The minimum absolute atomic E-state index is 0.0131. The van der Waals surface area contributed by atoms with Gasteiger partial charge in [-0.15, -0.1) is 0 Å². The summed E-state index contributed by atoms with van der Waals surface area (Å²) in [6.45, 7) is 3.27. The summed E-state index contributed by atoms with van der Waals surface area (Å²) in [5.41, 5.74) is 2.88. The van der Waals surface area contributed by atoms with E-state index >= 15 is 0 Å². The summed E-state index contributed by atoms with van der Waals surface area (Å²) in [4.78, 5) is 0. The number of hydrazone groups is 1. The van der Waals surface area contributed by atoms with E-state index < -0.39 is 24.0 Å². The molecule has 1 aromatic heterocycles. The van der Waals surface area contributed by atoms with Crippen molar-refractivity contribution >= 4 is 6.21 Å². The quantitative estimate of drug-likeness (QED) is 0.164. The maximum Gasteiger partial charge on any atom is 0.462 e. The van der Waals surface area contributed by atoms with Gasteiger partial charge in [0.05, 0.1) is 6.21 Å². The average molecular weight is 505 g/mol. The van der Waals surface area contributed by atoms with Crippen LogP contribution in [0.15, 0.2) is 59.7 Å². The van der Waals surface area contributed by atoms with E-state index in [4.69, 9.17) is 4.74 Å². The first-order valence-corrected chi connectivity index (χ1v) is 10.0. The Morgan fingerprint density at radius 2 is 1.57 bits per heavy atom. The van der Waals surface area contributed by atoms with Gasteiger partial charge in [-0.05, 0) is 50.2 Å². The second-order valence-electron chi connectivity index (χ2n) is 7.55. The lowest BCUT2D eigenvalue weighted by molar-refractivity contribution is -0.361. The van der Waals surface area contributed by atoms with Crippen LogP contribution in [0.25, 0.3) is 5.69 Å². The number of hydrogen-bond acceptors (Lipinski definition) is 3. The van der Waals surface area contributed by atoms with Crippen molar-refractivity contribution in [2.24, 2.45) is 5.10 Å². The van der Waals surface area contributed by atoms with Gasteiger partial charge in [0.2, 0.25) is 0 Å². The topological polar surface area (TPSA) is 38.5 Å². The number of ether oxygens (including phenoxy) is 1. The number of benzene rings is 2. The maximum absolute atomic E-state index is 13.7. The zero-order valence-corrected chi connectivity index (χ0v) is 18.3. The largest absolute Gasteiger partial charge is 0.489 e. The van der Waals surface area contributed by atoms with Crippen molar-refractivity contribution in [3.8, 4) is 11.4 Å². The van der Waals surface area contributed by atoms with Gasteiger partial charge in [-0.2, -0.15) is 35.8 Å². The van der Waals surface area contributed by atoms with Gasteiger partial charge in [0.15, 0.2) is 0 Å². The lowest BCUT2D eigenvalue weighted by atomic mass is 10.2. The zero-order valence-electron chi connectivity index (χ0n) is 18.3. The zero-order chi connectivity index (χ0) is 26.0. The highest BCUT2D eigenvalue weighted by atomic mass is 19.4. The Morgan fingerprint density at radius 1 is 0.943 bits per heavy atom. The number of halogens is 8. The molecule has 1 N–H and O–H groups in total. The third-order valence-electron chi connectivity index (χ3n) is 5.08. The van der Waals surface area contributed by atoms with Crippen molar-refractivity contribution in [1.82, 2.24) is 9.99 Å². The van der Waals surface area contributed by atoms with Crippen molar-refractivity contribution in [1.29, 1.82) is 0 Å². The number of rotatable bonds is 8. The third-order valence-corrected chi connectivity index (χ3v) is 5.08. The van der Waals surface area contributed by atoms with E-state index in [1.54, 1.807) is 60.9 Å². The molecule has 0 saturated carbocycles. The maximum atomic E-state index is 13.7. The fourth-order valence-electron chi connectivity index (χ4n) is 3.21. The number of aryl methyl sites for hydroxylation is 1. The summed E-state index contributed by atoms with van der Waals surface area (Å²) in [7, 11) is 0. The molecular formula is C23H19F8N3O. The van der Waals surface area contributed by atoms with E-state index in [1.165, 1.54) is 12.1 Å². The molecule has 0 fully saturated rings. The van der Waals surface area contributed by atoms with Crippen LogP contribution in [0.2, 0.25) is 0 Å². The summed E-state index contributed by atoms with van der Waals surface area (Å²) in [5, 5.41) is 2.91. The lowest BCUT2D eigenvalue weighted by Gasteiger charge is -2.27. The fraction of sp³-hybridized carbons (Fsp3) is 0.261. The normalized spacial score (nSPS) is 12.9. The van der Waals surface area contributed by atoms with Crippen LogP contribution in [0.3, 0.4) is 0 Å². The molecule has 188 valence electrons. The van der Waals surface area contributed by atoms with Crippen LogP contribution >= 0.6 is 0 Å². The fourth-order valence-corrected chi connectivity index (χ4v) is 3.21. The molecule has 0 radical (unpaired) electrons.